The first kappa shape index (κ1) is 28.3. The fraction of sp³-hybridized carbons (Fsp3) is 0.440. The fourth-order valence-corrected chi connectivity index (χ4v) is 5.00. The van der Waals surface area contributed by atoms with E-state index in [9.17, 15) is 15.3 Å². The molecule has 0 spiro atoms. The third-order valence-electron chi connectivity index (χ3n) is 5.70. The van der Waals surface area contributed by atoms with Gasteiger partial charge in [-0.2, -0.15) is 10.5 Å². The highest BCUT2D eigenvalue weighted by atomic mass is 32.2. The van der Waals surface area contributed by atoms with Gasteiger partial charge in [-0.3, -0.25) is 4.79 Å². The minimum atomic E-state index is -0.468. The van der Waals surface area contributed by atoms with Gasteiger partial charge in [-0.15, -0.1) is 11.8 Å². The lowest BCUT2D eigenvalue weighted by molar-refractivity contribution is -0.116. The zero-order valence-electron chi connectivity index (χ0n) is 20.7. The van der Waals surface area contributed by atoms with E-state index in [4.69, 9.17) is 10.7 Å². The Hall–Kier alpha value is -2.92. The van der Waals surface area contributed by atoms with E-state index in [-0.39, 0.29) is 6.54 Å². The number of nitrogens with two attached hydrogens (primary N) is 2. The highest BCUT2D eigenvalue weighted by Crippen LogP contribution is 2.35. The molecule has 0 radical (unpaired) electrons. The van der Waals surface area contributed by atoms with Gasteiger partial charge in [-0.25, -0.2) is 4.98 Å². The predicted molar refractivity (Wildman–Crippen MR) is 145 cm³/mol. The predicted octanol–water partition coefficient (Wildman–Crippen LogP) is 3.67. The van der Waals surface area contributed by atoms with Crippen LogP contribution in [0.4, 0.5) is 11.5 Å². The largest absolute Gasteiger partial charge is 0.369 e. The molecule has 1 aromatic heterocycles. The highest BCUT2D eigenvalue weighted by molar-refractivity contribution is 7.99. The van der Waals surface area contributed by atoms with Crippen molar-refractivity contribution in [2.24, 2.45) is 17.4 Å². The Labute approximate surface area is 216 Å². The normalized spacial score (nSPS) is 14.5. The Balaban J connectivity index is 0.000000784. The Kier molecular flexibility index (Phi) is 11.2. The molecule has 0 bridgehead atoms. The molecule has 0 unspecified atom stereocenters. The minimum Gasteiger partial charge on any atom is -0.369 e. The van der Waals surface area contributed by atoms with E-state index < -0.39 is 5.91 Å². The van der Waals surface area contributed by atoms with Crippen molar-refractivity contribution in [2.75, 3.05) is 42.1 Å². The van der Waals surface area contributed by atoms with Crippen LogP contribution in [-0.4, -0.2) is 43.8 Å². The Bertz CT molecular complexity index is 1090. The second-order valence-corrected chi connectivity index (χ2v) is 10.1. The summed E-state index contributed by atoms with van der Waals surface area (Å²) in [5.74, 6) is 1.60. The minimum absolute atomic E-state index is 0.0556. The summed E-state index contributed by atoms with van der Waals surface area (Å²) >= 11 is 3.25. The van der Waals surface area contributed by atoms with Gasteiger partial charge < -0.3 is 20.7 Å². The molecule has 3 rings (SSSR count). The highest BCUT2D eigenvalue weighted by Gasteiger charge is 2.26. The summed E-state index contributed by atoms with van der Waals surface area (Å²) < 4.78 is 2.11. The molecule has 35 heavy (non-hydrogen) atoms. The zero-order chi connectivity index (χ0) is 26.0. The number of amides is 1. The maximum absolute atomic E-state index is 9.84. The summed E-state index contributed by atoms with van der Waals surface area (Å²) in [5.41, 5.74) is 13.5. The molecule has 2 aromatic rings. The fourth-order valence-electron chi connectivity index (χ4n) is 3.70. The number of thioether (sulfide) groups is 1. The molecule has 1 aliphatic rings. The Morgan fingerprint density at radius 3 is 2.34 bits per heavy atom. The summed E-state index contributed by atoms with van der Waals surface area (Å²) in [4.78, 5) is 16.5. The number of benzene rings is 1. The molecule has 4 N–H and O–H groups in total. The number of nitrogens with zero attached hydrogens (tertiary/aromatic N) is 5. The van der Waals surface area contributed by atoms with Crippen molar-refractivity contribution in [3.8, 4) is 12.1 Å². The number of hydrogen-bond acceptors (Lipinski definition) is 9. The average molecular weight is 512 g/mol. The van der Waals surface area contributed by atoms with Crippen LogP contribution in [-0.2, 0) is 17.0 Å². The van der Waals surface area contributed by atoms with Gasteiger partial charge in [0.25, 0.3) is 0 Å². The van der Waals surface area contributed by atoms with Crippen LogP contribution in [0.25, 0.3) is 0 Å². The number of hydrogen-bond donors (Lipinski definition) is 2. The molecule has 8 nitrogen and oxygen atoms in total. The number of rotatable bonds is 8. The zero-order valence-corrected chi connectivity index (χ0v) is 22.4. The SMILES string of the molecule is CCc1c(C#N)c(SCc2ccc(N(C)SC)cc2)nc(N2CC[C@H](C)C2)c1C#N.NCC(N)=O. The smallest absolute Gasteiger partial charge is 0.231 e. The molecule has 1 aliphatic heterocycles. The van der Waals surface area contributed by atoms with Gasteiger partial charge in [0, 0.05) is 37.8 Å². The second-order valence-electron chi connectivity index (χ2n) is 8.19. The number of aromatic nitrogens is 1. The first-order chi connectivity index (χ1) is 16.8. The van der Waals surface area contributed by atoms with Gasteiger partial charge in [-0.05, 0) is 42.0 Å². The number of carbonyl (C=O) groups excluding carboxylic acids is 1. The number of pyridine rings is 1. The van der Waals surface area contributed by atoms with Gasteiger partial charge in [0.05, 0.1) is 17.7 Å². The van der Waals surface area contributed by atoms with E-state index in [1.54, 1.807) is 23.7 Å². The van der Waals surface area contributed by atoms with Crippen LogP contribution in [0.1, 0.15) is 42.5 Å². The topological polar surface area (TPSA) is 136 Å². The molecule has 186 valence electrons. The van der Waals surface area contributed by atoms with Crippen LogP contribution < -0.4 is 20.7 Å². The van der Waals surface area contributed by atoms with E-state index in [1.165, 1.54) is 5.56 Å². The van der Waals surface area contributed by atoms with Crippen molar-refractivity contribution in [1.82, 2.24) is 4.98 Å². The molecule has 0 saturated carbocycles. The summed E-state index contributed by atoms with van der Waals surface area (Å²) in [6.45, 7) is 5.99. The van der Waals surface area contributed by atoms with Crippen molar-refractivity contribution in [3.63, 3.8) is 0 Å². The first-order valence-corrected chi connectivity index (χ1v) is 13.6. The van der Waals surface area contributed by atoms with E-state index in [0.717, 1.165) is 47.4 Å². The first-order valence-electron chi connectivity index (χ1n) is 11.4. The lowest BCUT2D eigenvalue weighted by Gasteiger charge is -2.22. The van der Waals surface area contributed by atoms with Crippen LogP contribution in [0, 0.1) is 28.6 Å². The second kappa shape index (κ2) is 13.8. The van der Waals surface area contributed by atoms with Crippen molar-refractivity contribution >= 4 is 41.1 Å². The third-order valence-corrected chi connectivity index (χ3v) is 7.50. The monoisotopic (exact) mass is 511 g/mol. The Morgan fingerprint density at radius 1 is 1.26 bits per heavy atom. The number of anilines is 2. The lowest BCUT2D eigenvalue weighted by atomic mass is 10.0. The average Bonchev–Trinajstić information content (AvgIpc) is 3.32. The molecule has 1 aromatic carbocycles. The van der Waals surface area contributed by atoms with Crippen LogP contribution in [0.2, 0.25) is 0 Å². The van der Waals surface area contributed by atoms with Gasteiger partial charge in [0.15, 0.2) is 0 Å². The van der Waals surface area contributed by atoms with Crippen LogP contribution in [0.3, 0.4) is 0 Å². The van der Waals surface area contributed by atoms with E-state index >= 15 is 0 Å². The van der Waals surface area contributed by atoms with Gasteiger partial charge >= 0.3 is 0 Å². The van der Waals surface area contributed by atoms with Crippen molar-refractivity contribution in [1.29, 1.82) is 10.5 Å². The number of carbonyl (C=O) groups is 1. The molecule has 0 aliphatic carbocycles. The molecule has 1 atom stereocenters. The van der Waals surface area contributed by atoms with Gasteiger partial charge in [0.2, 0.25) is 5.91 Å². The summed E-state index contributed by atoms with van der Waals surface area (Å²) in [7, 11) is 2.04. The maximum atomic E-state index is 9.84. The number of nitriles is 2. The van der Waals surface area contributed by atoms with E-state index in [0.29, 0.717) is 23.5 Å². The molecular formula is C25H33N7OS2. The van der Waals surface area contributed by atoms with Gasteiger partial charge in [-0.1, -0.05) is 37.9 Å². The summed E-state index contributed by atoms with van der Waals surface area (Å²) in [6.07, 6.45) is 3.80. The Morgan fingerprint density at radius 2 is 1.89 bits per heavy atom. The van der Waals surface area contributed by atoms with E-state index in [1.807, 2.05) is 20.2 Å². The molecule has 2 heterocycles. The van der Waals surface area contributed by atoms with Crippen LogP contribution >= 0.6 is 23.7 Å². The molecule has 1 fully saturated rings. The standard InChI is InChI=1S/C23H27N5S2.C2H6N2O/c1-5-19-20(12-24)22(28-11-10-16(2)14-28)26-23(21(19)13-25)30-15-17-6-8-18(9-7-17)27(3)29-4;3-1-2(4)5/h6-9,16H,5,10-11,14-15H2,1-4H3;1,3H2,(H2,4,5)/t16-;/m0./s1. The maximum Gasteiger partial charge on any atom is 0.231 e. The quantitative estimate of drug-likeness (QED) is 0.402. The van der Waals surface area contributed by atoms with Gasteiger partial charge in [0.1, 0.15) is 23.0 Å². The van der Waals surface area contributed by atoms with Crippen LogP contribution in [0.15, 0.2) is 29.3 Å². The summed E-state index contributed by atoms with van der Waals surface area (Å²) in [6, 6.07) is 13.1. The molecule has 1 amide bonds. The van der Waals surface area contributed by atoms with E-state index in [2.05, 4.69) is 58.3 Å². The summed E-state index contributed by atoms with van der Waals surface area (Å²) in [5, 5.41) is 20.4. The van der Waals surface area contributed by atoms with Crippen molar-refractivity contribution < 1.29 is 4.79 Å². The molecular weight excluding hydrogens is 478 g/mol. The van der Waals surface area contributed by atoms with Crippen molar-refractivity contribution in [2.45, 2.75) is 37.5 Å². The lowest BCUT2D eigenvalue weighted by Crippen LogP contribution is -2.23. The molecule has 10 heteroatoms. The van der Waals surface area contributed by atoms with Crippen LogP contribution in [0.5, 0.6) is 0 Å². The third kappa shape index (κ3) is 7.53. The number of primary amides is 1. The van der Waals surface area contributed by atoms with Crippen molar-refractivity contribution in [3.05, 3.63) is 46.5 Å². The molecule has 1 saturated heterocycles.